The van der Waals surface area contributed by atoms with Gasteiger partial charge < -0.3 is 4.90 Å². The van der Waals surface area contributed by atoms with Crippen molar-refractivity contribution in [3.63, 3.8) is 0 Å². The van der Waals surface area contributed by atoms with Gasteiger partial charge in [-0.2, -0.15) is 0 Å². The average molecular weight is 259 g/mol. The lowest BCUT2D eigenvalue weighted by Gasteiger charge is -2.20. The monoisotopic (exact) mass is 259 g/mol. The fraction of sp³-hybridized carbons (Fsp3) is 0.400. The molecule has 19 heavy (non-hydrogen) atoms. The third kappa shape index (κ3) is 2.43. The molecular weight excluding hydrogens is 242 g/mol. The van der Waals surface area contributed by atoms with E-state index in [0.29, 0.717) is 11.3 Å². The highest BCUT2D eigenvalue weighted by Crippen LogP contribution is 2.29. The highest BCUT2D eigenvalue weighted by atomic mass is 16.2. The summed E-state index contributed by atoms with van der Waals surface area (Å²) in [5, 5.41) is 0. The second kappa shape index (κ2) is 4.61. The van der Waals surface area contributed by atoms with Crippen LogP contribution in [0.5, 0.6) is 0 Å². The molecule has 0 saturated heterocycles. The smallest absolute Gasteiger partial charge is 0.299 e. The lowest BCUT2D eigenvalue weighted by Crippen LogP contribution is -2.33. The highest BCUT2D eigenvalue weighted by molar-refractivity contribution is 6.52. The zero-order valence-electron chi connectivity index (χ0n) is 11.4. The summed E-state index contributed by atoms with van der Waals surface area (Å²) >= 11 is 0. The first kappa shape index (κ1) is 13.5. The van der Waals surface area contributed by atoms with Gasteiger partial charge in [-0.15, -0.1) is 0 Å². The van der Waals surface area contributed by atoms with E-state index in [2.05, 4.69) is 0 Å². The molecule has 0 bridgehead atoms. The molecule has 0 spiro atoms. The number of rotatable bonds is 3. The predicted octanol–water partition coefficient (Wildman–Crippen LogP) is 2.22. The Morgan fingerprint density at radius 2 is 1.79 bits per heavy atom. The second-order valence-electron chi connectivity index (χ2n) is 5.73. The van der Waals surface area contributed by atoms with Crippen LogP contribution in [0.1, 0.15) is 37.6 Å². The van der Waals surface area contributed by atoms with Crippen LogP contribution in [0.25, 0.3) is 0 Å². The van der Waals surface area contributed by atoms with Gasteiger partial charge in [0.25, 0.3) is 11.7 Å². The number of hydrogen-bond acceptors (Lipinski definition) is 3. The molecule has 0 aromatic heterocycles. The zero-order chi connectivity index (χ0) is 14.2. The van der Waals surface area contributed by atoms with E-state index in [1.165, 1.54) is 4.90 Å². The van der Waals surface area contributed by atoms with Gasteiger partial charge in [0.2, 0.25) is 0 Å². The first-order valence-corrected chi connectivity index (χ1v) is 6.31. The summed E-state index contributed by atoms with van der Waals surface area (Å²) in [5.74, 6) is -0.946. The Morgan fingerprint density at radius 1 is 1.16 bits per heavy atom. The maximum absolute atomic E-state index is 11.9. The molecule has 100 valence electrons. The van der Waals surface area contributed by atoms with Gasteiger partial charge >= 0.3 is 0 Å². The molecule has 0 unspecified atom stereocenters. The molecule has 1 aromatic carbocycles. The minimum absolute atomic E-state index is 0.0807. The number of anilines is 1. The summed E-state index contributed by atoms with van der Waals surface area (Å²) in [6.45, 7) is 5.80. The average Bonchev–Trinajstić information content (AvgIpc) is 2.59. The maximum Gasteiger partial charge on any atom is 0.299 e. The van der Waals surface area contributed by atoms with Crippen LogP contribution in [0.15, 0.2) is 24.3 Å². The minimum atomic E-state index is -0.539. The number of carbonyl (C=O) groups excluding carboxylic acids is 3. The van der Waals surface area contributed by atoms with Crippen molar-refractivity contribution in [3.05, 3.63) is 29.8 Å². The van der Waals surface area contributed by atoms with E-state index >= 15 is 0 Å². The van der Waals surface area contributed by atoms with Crippen LogP contribution in [0.4, 0.5) is 5.69 Å². The van der Waals surface area contributed by atoms with Gasteiger partial charge in [-0.05, 0) is 12.1 Å². The van der Waals surface area contributed by atoms with Crippen LogP contribution in [0, 0.1) is 5.41 Å². The van der Waals surface area contributed by atoms with E-state index in [1.54, 1.807) is 24.3 Å². The van der Waals surface area contributed by atoms with Crippen molar-refractivity contribution in [2.75, 3.05) is 11.4 Å². The number of carbonyl (C=O) groups is 3. The van der Waals surface area contributed by atoms with Crippen LogP contribution in [0.3, 0.4) is 0 Å². The quantitative estimate of drug-likeness (QED) is 0.782. The molecule has 0 atom stereocenters. The van der Waals surface area contributed by atoms with Crippen LogP contribution >= 0.6 is 0 Å². The summed E-state index contributed by atoms with van der Waals surface area (Å²) < 4.78 is 0. The van der Waals surface area contributed by atoms with Gasteiger partial charge in [0.15, 0.2) is 0 Å². The number of fused-ring (bicyclic) bond motifs is 1. The first-order valence-electron chi connectivity index (χ1n) is 6.31. The van der Waals surface area contributed by atoms with Crippen LogP contribution < -0.4 is 4.90 Å². The van der Waals surface area contributed by atoms with Crippen molar-refractivity contribution in [1.29, 1.82) is 0 Å². The van der Waals surface area contributed by atoms with E-state index in [1.807, 2.05) is 20.8 Å². The molecule has 0 saturated carbocycles. The fourth-order valence-electron chi connectivity index (χ4n) is 2.06. The molecule has 1 aromatic rings. The molecule has 1 heterocycles. The van der Waals surface area contributed by atoms with E-state index in [4.69, 9.17) is 0 Å². The molecule has 1 aliphatic rings. The van der Waals surface area contributed by atoms with Crippen molar-refractivity contribution in [2.24, 2.45) is 5.41 Å². The van der Waals surface area contributed by atoms with Gasteiger partial charge in [0.1, 0.15) is 5.78 Å². The Kier molecular flexibility index (Phi) is 3.27. The first-order chi connectivity index (χ1) is 8.82. The summed E-state index contributed by atoms with van der Waals surface area (Å²) in [6.07, 6.45) is 0.261. The molecule has 0 radical (unpaired) electrons. The number of Topliss-reactive ketones (excluding diaryl/α,β-unsaturated/α-hetero) is 2. The normalized spacial score (nSPS) is 14.8. The molecule has 2 rings (SSSR count). The standard InChI is InChI=1S/C15H17NO3/c1-15(2,3)12(17)8-9-16-11-7-5-4-6-10(11)13(18)14(16)19/h4-7H,8-9H2,1-3H3. The molecule has 4 nitrogen and oxygen atoms in total. The molecule has 1 aliphatic heterocycles. The number of para-hydroxylation sites is 1. The Bertz CT molecular complexity index is 555. The van der Waals surface area contributed by atoms with E-state index < -0.39 is 17.1 Å². The highest BCUT2D eigenvalue weighted by Gasteiger charge is 2.35. The Hall–Kier alpha value is -1.97. The molecule has 1 amide bonds. The molecule has 0 aliphatic carbocycles. The third-order valence-corrected chi connectivity index (χ3v) is 3.28. The third-order valence-electron chi connectivity index (χ3n) is 3.28. The van der Waals surface area contributed by atoms with Gasteiger partial charge in [-0.3, -0.25) is 14.4 Å². The van der Waals surface area contributed by atoms with E-state index in [-0.39, 0.29) is 18.7 Å². The van der Waals surface area contributed by atoms with Crippen molar-refractivity contribution in [1.82, 2.24) is 0 Å². The lowest BCUT2D eigenvalue weighted by molar-refractivity contribution is -0.126. The van der Waals surface area contributed by atoms with Gasteiger partial charge in [-0.25, -0.2) is 0 Å². The number of ketones is 2. The van der Waals surface area contributed by atoms with Gasteiger partial charge in [0.05, 0.1) is 11.3 Å². The maximum atomic E-state index is 11.9. The summed E-state index contributed by atoms with van der Waals surface area (Å²) in [5.41, 5.74) is 0.613. The Balaban J connectivity index is 2.16. The summed E-state index contributed by atoms with van der Waals surface area (Å²) in [6, 6.07) is 6.89. The van der Waals surface area contributed by atoms with Crippen molar-refractivity contribution in [3.8, 4) is 0 Å². The van der Waals surface area contributed by atoms with E-state index in [0.717, 1.165) is 0 Å². The van der Waals surface area contributed by atoms with Gasteiger partial charge in [0, 0.05) is 18.4 Å². The molecule has 0 fully saturated rings. The molecular formula is C15H17NO3. The number of nitrogens with zero attached hydrogens (tertiary/aromatic N) is 1. The zero-order valence-corrected chi connectivity index (χ0v) is 11.4. The Morgan fingerprint density at radius 3 is 2.42 bits per heavy atom. The number of hydrogen-bond donors (Lipinski definition) is 0. The molecule has 0 N–H and O–H groups in total. The van der Waals surface area contributed by atoms with Gasteiger partial charge in [-0.1, -0.05) is 32.9 Å². The van der Waals surface area contributed by atoms with Crippen molar-refractivity contribution < 1.29 is 14.4 Å². The molecule has 4 heteroatoms. The minimum Gasteiger partial charge on any atom is -0.304 e. The van der Waals surface area contributed by atoms with Crippen LogP contribution in [-0.4, -0.2) is 24.0 Å². The van der Waals surface area contributed by atoms with Crippen molar-refractivity contribution >= 4 is 23.2 Å². The topological polar surface area (TPSA) is 54.5 Å². The Labute approximate surface area is 112 Å². The second-order valence-corrected chi connectivity index (χ2v) is 5.73. The van der Waals surface area contributed by atoms with Crippen LogP contribution in [0.2, 0.25) is 0 Å². The SMILES string of the molecule is CC(C)(C)C(=O)CCN1C(=O)C(=O)c2ccccc21. The summed E-state index contributed by atoms with van der Waals surface area (Å²) in [7, 11) is 0. The fourth-order valence-corrected chi connectivity index (χ4v) is 2.06. The number of amides is 1. The van der Waals surface area contributed by atoms with Crippen molar-refractivity contribution in [2.45, 2.75) is 27.2 Å². The lowest BCUT2D eigenvalue weighted by atomic mass is 9.89. The number of benzene rings is 1. The largest absolute Gasteiger partial charge is 0.304 e. The van der Waals surface area contributed by atoms with Crippen LogP contribution in [-0.2, 0) is 9.59 Å². The predicted molar refractivity (Wildman–Crippen MR) is 72.2 cm³/mol. The van der Waals surface area contributed by atoms with E-state index in [9.17, 15) is 14.4 Å². The summed E-state index contributed by atoms with van der Waals surface area (Å²) in [4.78, 5) is 37.0.